The number of carbonyl (C=O) groups excluding carboxylic acids is 3. The molecule has 0 bridgehead atoms. The highest BCUT2D eigenvalue weighted by Crippen LogP contribution is 2.02. The van der Waals surface area contributed by atoms with E-state index in [2.05, 4.69) is 29.8 Å². The lowest BCUT2D eigenvalue weighted by molar-refractivity contribution is -0.126. The van der Waals surface area contributed by atoms with E-state index in [9.17, 15) is 14.4 Å². The smallest absolute Gasteiger partial charge is 0.221 e. The van der Waals surface area contributed by atoms with E-state index in [0.717, 1.165) is 38.9 Å². The van der Waals surface area contributed by atoms with Gasteiger partial charge in [0.1, 0.15) is 0 Å². The summed E-state index contributed by atoms with van der Waals surface area (Å²) in [6.07, 6.45) is 4.33. The van der Waals surface area contributed by atoms with Crippen LogP contribution in [0.3, 0.4) is 0 Å². The molecular formula is C17H33N3O4. The molecule has 7 nitrogen and oxygen atoms in total. The molecule has 24 heavy (non-hydrogen) atoms. The van der Waals surface area contributed by atoms with Crippen molar-refractivity contribution in [3.63, 3.8) is 0 Å². The summed E-state index contributed by atoms with van der Waals surface area (Å²) in [6.45, 7) is 8.01. The predicted octanol–water partition coefficient (Wildman–Crippen LogP) is 1.33. The summed E-state index contributed by atoms with van der Waals surface area (Å²) in [5.74, 6) is 0.0214. The van der Waals surface area contributed by atoms with Gasteiger partial charge in [-0.15, -0.1) is 0 Å². The topological polar surface area (TPSA) is 96.5 Å². The first kappa shape index (κ1) is 22.4. The van der Waals surface area contributed by atoms with Crippen LogP contribution in [0.15, 0.2) is 0 Å². The van der Waals surface area contributed by atoms with E-state index in [-0.39, 0.29) is 37.2 Å². The second-order valence-corrected chi connectivity index (χ2v) is 6.01. The molecule has 0 radical (unpaired) electrons. The quantitative estimate of drug-likeness (QED) is 0.327. The van der Waals surface area contributed by atoms with Gasteiger partial charge in [0.15, 0.2) is 0 Å². The summed E-state index contributed by atoms with van der Waals surface area (Å²) in [5.41, 5.74) is 0. The van der Waals surface area contributed by atoms with E-state index < -0.39 is 0 Å². The minimum atomic E-state index is -0.252. The normalized spacial score (nSPS) is 11.6. The highest BCUT2D eigenvalue weighted by molar-refractivity contribution is 5.83. The summed E-state index contributed by atoms with van der Waals surface area (Å²) in [7, 11) is 0. The van der Waals surface area contributed by atoms with Gasteiger partial charge in [0.25, 0.3) is 0 Å². The van der Waals surface area contributed by atoms with Crippen LogP contribution >= 0.6 is 0 Å². The standard InChI is InChI=1S/C17H33N3O4/c1-4-14(2)12-24-11-7-5-6-10-18-16(22)8-9-17(23)20-13-19-15(3)21/h14H,4-13H2,1-3H3,(H,18,22)(H,19,21)(H,20,23). The van der Waals surface area contributed by atoms with Gasteiger partial charge in [-0.1, -0.05) is 20.3 Å². The summed E-state index contributed by atoms with van der Waals surface area (Å²) in [6, 6.07) is 0. The number of ether oxygens (including phenoxy) is 1. The van der Waals surface area contributed by atoms with Crippen LogP contribution in [-0.2, 0) is 19.1 Å². The average Bonchev–Trinajstić information content (AvgIpc) is 2.54. The highest BCUT2D eigenvalue weighted by atomic mass is 16.5. The van der Waals surface area contributed by atoms with Crippen molar-refractivity contribution in [2.75, 3.05) is 26.4 Å². The molecule has 0 heterocycles. The van der Waals surface area contributed by atoms with Crippen molar-refractivity contribution < 1.29 is 19.1 Å². The van der Waals surface area contributed by atoms with Crippen LogP contribution in [0.5, 0.6) is 0 Å². The van der Waals surface area contributed by atoms with Crippen LogP contribution in [-0.4, -0.2) is 44.1 Å². The summed E-state index contributed by atoms with van der Waals surface area (Å²) in [5, 5.41) is 7.77. The van der Waals surface area contributed by atoms with Crippen molar-refractivity contribution in [2.45, 2.75) is 59.3 Å². The Morgan fingerprint density at radius 3 is 2.25 bits per heavy atom. The Morgan fingerprint density at radius 2 is 1.62 bits per heavy atom. The number of unbranched alkanes of at least 4 members (excludes halogenated alkanes) is 2. The molecule has 0 aromatic rings. The van der Waals surface area contributed by atoms with E-state index in [0.29, 0.717) is 12.5 Å². The zero-order valence-corrected chi connectivity index (χ0v) is 15.3. The van der Waals surface area contributed by atoms with E-state index in [1.807, 2.05) is 0 Å². The molecule has 0 aromatic carbocycles. The Balaban J connectivity index is 3.40. The Bertz CT molecular complexity index is 375. The van der Waals surface area contributed by atoms with E-state index >= 15 is 0 Å². The number of carbonyl (C=O) groups is 3. The SMILES string of the molecule is CCC(C)COCCCCCNC(=O)CCC(=O)NCNC(C)=O. The largest absolute Gasteiger partial charge is 0.381 e. The Morgan fingerprint density at radius 1 is 0.958 bits per heavy atom. The van der Waals surface area contributed by atoms with Crippen LogP contribution < -0.4 is 16.0 Å². The monoisotopic (exact) mass is 343 g/mol. The van der Waals surface area contributed by atoms with Gasteiger partial charge < -0.3 is 20.7 Å². The number of amides is 3. The van der Waals surface area contributed by atoms with Gasteiger partial charge in [-0.2, -0.15) is 0 Å². The summed E-state index contributed by atoms with van der Waals surface area (Å²) in [4.78, 5) is 33.6. The zero-order valence-electron chi connectivity index (χ0n) is 15.3. The van der Waals surface area contributed by atoms with Gasteiger partial charge >= 0.3 is 0 Å². The van der Waals surface area contributed by atoms with Crippen LogP contribution in [0.1, 0.15) is 59.3 Å². The first-order chi connectivity index (χ1) is 11.5. The average molecular weight is 343 g/mol. The number of hydrogen-bond acceptors (Lipinski definition) is 4. The number of rotatable bonds is 14. The van der Waals surface area contributed by atoms with Crippen molar-refractivity contribution in [1.29, 1.82) is 0 Å². The zero-order chi connectivity index (χ0) is 18.2. The predicted molar refractivity (Wildman–Crippen MR) is 93.2 cm³/mol. The number of nitrogens with one attached hydrogen (secondary N) is 3. The Kier molecular flexibility index (Phi) is 13.9. The maximum Gasteiger partial charge on any atom is 0.221 e. The first-order valence-electron chi connectivity index (χ1n) is 8.81. The second kappa shape index (κ2) is 14.9. The molecule has 0 saturated heterocycles. The minimum Gasteiger partial charge on any atom is -0.381 e. The number of hydrogen-bond donors (Lipinski definition) is 3. The third-order valence-electron chi connectivity index (χ3n) is 3.59. The minimum absolute atomic E-state index is 0.0922. The molecule has 7 heteroatoms. The maximum atomic E-state index is 11.6. The van der Waals surface area contributed by atoms with Crippen molar-refractivity contribution >= 4 is 17.7 Å². The molecule has 1 unspecified atom stereocenters. The lowest BCUT2D eigenvalue weighted by atomic mass is 10.1. The molecule has 0 fully saturated rings. The first-order valence-corrected chi connectivity index (χ1v) is 8.81. The molecular weight excluding hydrogens is 310 g/mol. The molecule has 0 aliphatic rings. The van der Waals surface area contributed by atoms with Crippen LogP contribution in [0.4, 0.5) is 0 Å². The van der Waals surface area contributed by atoms with Crippen molar-refractivity contribution in [2.24, 2.45) is 5.92 Å². The fourth-order valence-electron chi connectivity index (χ4n) is 1.81. The van der Waals surface area contributed by atoms with Gasteiger partial charge in [0.2, 0.25) is 17.7 Å². The van der Waals surface area contributed by atoms with Gasteiger partial charge in [-0.25, -0.2) is 0 Å². The lowest BCUT2D eigenvalue weighted by Gasteiger charge is -2.09. The summed E-state index contributed by atoms with van der Waals surface area (Å²) < 4.78 is 5.57. The molecule has 0 aromatic heterocycles. The van der Waals surface area contributed by atoms with E-state index in [4.69, 9.17) is 4.74 Å². The Hall–Kier alpha value is -1.63. The van der Waals surface area contributed by atoms with Gasteiger partial charge in [-0.05, 0) is 25.2 Å². The fourth-order valence-corrected chi connectivity index (χ4v) is 1.81. The molecule has 3 amide bonds. The van der Waals surface area contributed by atoms with Crippen LogP contribution in [0.25, 0.3) is 0 Å². The van der Waals surface area contributed by atoms with Crippen LogP contribution in [0, 0.1) is 5.92 Å². The van der Waals surface area contributed by atoms with Crippen LogP contribution in [0.2, 0.25) is 0 Å². The fraction of sp³-hybridized carbons (Fsp3) is 0.824. The van der Waals surface area contributed by atoms with Gasteiger partial charge in [0, 0.05) is 39.5 Å². The molecule has 140 valence electrons. The van der Waals surface area contributed by atoms with Gasteiger partial charge in [0.05, 0.1) is 6.67 Å². The molecule has 3 N–H and O–H groups in total. The molecule has 1 atom stereocenters. The maximum absolute atomic E-state index is 11.6. The van der Waals surface area contributed by atoms with Gasteiger partial charge in [-0.3, -0.25) is 14.4 Å². The third-order valence-corrected chi connectivity index (χ3v) is 3.59. The summed E-state index contributed by atoms with van der Waals surface area (Å²) >= 11 is 0. The molecule has 0 aliphatic carbocycles. The third kappa shape index (κ3) is 15.3. The molecule has 0 aliphatic heterocycles. The van der Waals surface area contributed by atoms with Crippen molar-refractivity contribution in [1.82, 2.24) is 16.0 Å². The molecule has 0 rings (SSSR count). The molecule has 0 spiro atoms. The van der Waals surface area contributed by atoms with Crippen molar-refractivity contribution in [3.8, 4) is 0 Å². The highest BCUT2D eigenvalue weighted by Gasteiger charge is 2.06. The molecule has 0 saturated carbocycles. The lowest BCUT2D eigenvalue weighted by Crippen LogP contribution is -2.36. The second-order valence-electron chi connectivity index (χ2n) is 6.01. The van der Waals surface area contributed by atoms with Crippen molar-refractivity contribution in [3.05, 3.63) is 0 Å². The Labute approximate surface area is 145 Å². The van der Waals surface area contributed by atoms with E-state index in [1.54, 1.807) is 0 Å². The van der Waals surface area contributed by atoms with E-state index in [1.165, 1.54) is 6.92 Å².